The molecular formula is C18H24FN3O4S. The first kappa shape index (κ1) is 19.9. The fraction of sp³-hybridized carbons (Fsp3) is 0.500. The van der Waals surface area contributed by atoms with Gasteiger partial charge in [0.05, 0.1) is 0 Å². The molecule has 1 fully saturated rings. The zero-order chi connectivity index (χ0) is 19.6. The van der Waals surface area contributed by atoms with Crippen LogP contribution < -0.4 is 5.48 Å². The summed E-state index contributed by atoms with van der Waals surface area (Å²) >= 11 is 0. The lowest BCUT2D eigenvalue weighted by atomic mass is 9.98. The van der Waals surface area contributed by atoms with E-state index in [-0.39, 0.29) is 25.5 Å². The highest BCUT2D eigenvalue weighted by atomic mass is 32.2. The van der Waals surface area contributed by atoms with E-state index in [1.165, 1.54) is 14.7 Å². The molecule has 0 spiro atoms. The summed E-state index contributed by atoms with van der Waals surface area (Å²) in [6.45, 7) is 2.43. The third kappa shape index (κ3) is 4.06. The third-order valence-electron chi connectivity index (χ3n) is 5.19. The first-order chi connectivity index (χ1) is 12.8. The fourth-order valence-corrected chi connectivity index (χ4v) is 5.40. The van der Waals surface area contributed by atoms with Crippen molar-refractivity contribution >= 4 is 21.7 Å². The third-order valence-corrected chi connectivity index (χ3v) is 7.20. The van der Waals surface area contributed by atoms with Crippen molar-refractivity contribution in [2.75, 3.05) is 19.6 Å². The lowest BCUT2D eigenvalue weighted by Crippen LogP contribution is -2.56. The van der Waals surface area contributed by atoms with E-state index in [2.05, 4.69) is 0 Å². The zero-order valence-corrected chi connectivity index (χ0v) is 16.0. The van der Waals surface area contributed by atoms with Crippen molar-refractivity contribution in [3.8, 4) is 0 Å². The maximum atomic E-state index is 13.5. The van der Waals surface area contributed by atoms with Gasteiger partial charge in [-0.1, -0.05) is 18.6 Å². The van der Waals surface area contributed by atoms with Crippen molar-refractivity contribution in [3.05, 3.63) is 41.2 Å². The van der Waals surface area contributed by atoms with Crippen LogP contribution in [0.25, 0.3) is 5.57 Å². The molecule has 1 aromatic carbocycles. The van der Waals surface area contributed by atoms with Crippen LogP contribution in [0.15, 0.2) is 24.3 Å². The second-order valence-corrected chi connectivity index (χ2v) is 8.79. The molecule has 2 aliphatic rings. The number of rotatable bonds is 4. The number of nitrogens with one attached hydrogen (secondary N) is 1. The van der Waals surface area contributed by atoms with E-state index in [9.17, 15) is 17.6 Å². The Balaban J connectivity index is 1.78. The zero-order valence-electron chi connectivity index (χ0n) is 15.2. The molecule has 7 nitrogen and oxygen atoms in total. The minimum absolute atomic E-state index is 0.193. The van der Waals surface area contributed by atoms with Crippen molar-refractivity contribution in [2.45, 2.75) is 38.6 Å². The topological polar surface area (TPSA) is 90.0 Å². The summed E-state index contributed by atoms with van der Waals surface area (Å²) in [6.07, 6.45) is 4.14. The summed E-state index contributed by atoms with van der Waals surface area (Å²) in [7, 11) is -3.82. The smallest absolute Gasteiger partial charge is 0.283 e. The number of hydroxylamine groups is 1. The molecule has 1 amide bonds. The average Bonchev–Trinajstić information content (AvgIpc) is 2.69. The minimum Gasteiger partial charge on any atom is -0.289 e. The van der Waals surface area contributed by atoms with E-state index in [4.69, 9.17) is 5.21 Å². The molecule has 0 aliphatic carbocycles. The molecule has 0 bridgehead atoms. The van der Waals surface area contributed by atoms with Crippen LogP contribution in [0.4, 0.5) is 4.39 Å². The summed E-state index contributed by atoms with van der Waals surface area (Å²) in [5, 5.41) is 8.91. The van der Waals surface area contributed by atoms with Gasteiger partial charge in [0.15, 0.2) is 0 Å². The lowest BCUT2D eigenvalue weighted by Gasteiger charge is -2.37. The van der Waals surface area contributed by atoms with Gasteiger partial charge in [0.25, 0.3) is 16.1 Å². The summed E-state index contributed by atoms with van der Waals surface area (Å²) in [5.41, 5.74) is 3.99. The molecule has 3 rings (SSSR count). The summed E-state index contributed by atoms with van der Waals surface area (Å²) < 4.78 is 42.0. The summed E-state index contributed by atoms with van der Waals surface area (Å²) in [4.78, 5) is 11.9. The molecule has 27 heavy (non-hydrogen) atoms. The van der Waals surface area contributed by atoms with Gasteiger partial charge in [0.2, 0.25) is 0 Å². The summed E-state index contributed by atoms with van der Waals surface area (Å²) in [6, 6.07) is 3.99. The van der Waals surface area contributed by atoms with Gasteiger partial charge < -0.3 is 0 Å². The number of hydrogen-bond acceptors (Lipinski definition) is 4. The normalized spacial score (nSPS) is 22.3. The monoisotopic (exact) mass is 397 g/mol. The van der Waals surface area contributed by atoms with Gasteiger partial charge in [-0.2, -0.15) is 17.0 Å². The van der Waals surface area contributed by atoms with Gasteiger partial charge >= 0.3 is 0 Å². The van der Waals surface area contributed by atoms with Gasteiger partial charge in [-0.25, -0.2) is 9.87 Å². The van der Waals surface area contributed by atoms with E-state index in [1.54, 1.807) is 24.5 Å². The predicted molar refractivity (Wildman–Crippen MR) is 98.5 cm³/mol. The van der Waals surface area contributed by atoms with Crippen LogP contribution in [0.3, 0.4) is 0 Å². The Morgan fingerprint density at radius 2 is 2.07 bits per heavy atom. The number of amides is 1. The van der Waals surface area contributed by atoms with E-state index >= 15 is 0 Å². The van der Waals surface area contributed by atoms with Gasteiger partial charge in [-0.15, -0.1) is 0 Å². The van der Waals surface area contributed by atoms with Crippen LogP contribution in [0.5, 0.6) is 0 Å². The molecule has 9 heteroatoms. The van der Waals surface area contributed by atoms with E-state index in [0.29, 0.717) is 24.8 Å². The molecule has 2 aliphatic heterocycles. The number of hydrogen-bond donors (Lipinski definition) is 2. The van der Waals surface area contributed by atoms with Gasteiger partial charge in [-0.05, 0) is 55.0 Å². The molecule has 0 unspecified atom stereocenters. The highest BCUT2D eigenvalue weighted by Crippen LogP contribution is 2.28. The Kier molecular flexibility index (Phi) is 5.95. The van der Waals surface area contributed by atoms with Crippen LogP contribution in [-0.2, 0) is 15.0 Å². The molecule has 148 valence electrons. The second kappa shape index (κ2) is 8.05. The fourth-order valence-electron chi connectivity index (χ4n) is 3.63. The molecule has 1 atom stereocenters. The summed E-state index contributed by atoms with van der Waals surface area (Å²) in [5.74, 6) is -0.967. The number of carbonyl (C=O) groups excluding carboxylic acids is 1. The van der Waals surface area contributed by atoms with Crippen LogP contribution in [-0.4, -0.2) is 53.8 Å². The van der Waals surface area contributed by atoms with Crippen molar-refractivity contribution in [1.82, 2.24) is 14.1 Å². The number of halogens is 1. The van der Waals surface area contributed by atoms with Crippen LogP contribution >= 0.6 is 0 Å². The SMILES string of the molecule is Cc1cc(C2=CCN(S(=O)(=O)N3CCCC[C@@H]3C(=O)NO)CC2)ccc1F. The van der Waals surface area contributed by atoms with Crippen molar-refractivity contribution in [1.29, 1.82) is 0 Å². The van der Waals surface area contributed by atoms with Gasteiger partial charge in [0, 0.05) is 19.6 Å². The number of piperidine rings is 1. The molecule has 2 heterocycles. The van der Waals surface area contributed by atoms with Crippen LogP contribution in [0.1, 0.15) is 36.8 Å². The van der Waals surface area contributed by atoms with Gasteiger partial charge in [-0.3, -0.25) is 10.0 Å². The Morgan fingerprint density at radius 1 is 1.30 bits per heavy atom. The number of carbonyl (C=O) groups is 1. The molecule has 0 radical (unpaired) electrons. The largest absolute Gasteiger partial charge is 0.289 e. The second-order valence-electron chi connectivity index (χ2n) is 6.91. The molecular weight excluding hydrogens is 373 g/mol. The number of nitrogens with zero attached hydrogens (tertiary/aromatic N) is 2. The Bertz CT molecular complexity index is 856. The number of benzene rings is 1. The molecule has 1 aromatic rings. The molecule has 1 saturated heterocycles. The highest BCUT2D eigenvalue weighted by molar-refractivity contribution is 7.86. The standard InChI is InChI=1S/C18H24FN3O4S/c1-13-12-15(5-6-16(13)19)14-7-10-21(11-8-14)27(25,26)22-9-3-2-4-17(22)18(23)20-24/h5-7,12,17,24H,2-4,8-11H2,1H3,(H,20,23)/t17-/m1/s1. The maximum Gasteiger partial charge on any atom is 0.283 e. The lowest BCUT2D eigenvalue weighted by molar-refractivity contribution is -0.134. The predicted octanol–water partition coefficient (Wildman–Crippen LogP) is 1.83. The van der Waals surface area contributed by atoms with Crippen LogP contribution in [0, 0.1) is 12.7 Å². The van der Waals surface area contributed by atoms with Crippen molar-refractivity contribution < 1.29 is 22.8 Å². The Labute approximate surface area is 158 Å². The quantitative estimate of drug-likeness (QED) is 0.599. The Hall–Kier alpha value is -1.81. The van der Waals surface area contributed by atoms with E-state index in [1.807, 2.05) is 6.08 Å². The van der Waals surface area contributed by atoms with Crippen molar-refractivity contribution in [3.63, 3.8) is 0 Å². The van der Waals surface area contributed by atoms with Crippen LogP contribution in [0.2, 0.25) is 0 Å². The molecule has 0 aromatic heterocycles. The average molecular weight is 397 g/mol. The molecule has 2 N–H and O–H groups in total. The minimum atomic E-state index is -3.82. The van der Waals surface area contributed by atoms with Crippen molar-refractivity contribution in [2.24, 2.45) is 0 Å². The van der Waals surface area contributed by atoms with E-state index in [0.717, 1.165) is 17.6 Å². The van der Waals surface area contributed by atoms with E-state index < -0.39 is 22.2 Å². The number of aryl methyl sites for hydroxylation is 1. The Morgan fingerprint density at radius 3 is 2.70 bits per heavy atom. The molecule has 0 saturated carbocycles. The van der Waals surface area contributed by atoms with Gasteiger partial charge in [0.1, 0.15) is 11.9 Å². The highest BCUT2D eigenvalue weighted by Gasteiger charge is 2.40. The first-order valence-electron chi connectivity index (χ1n) is 9.01. The first-order valence-corrected chi connectivity index (χ1v) is 10.4. The maximum absolute atomic E-state index is 13.5.